The Hall–Kier alpha value is -1.60. The highest BCUT2D eigenvalue weighted by atomic mass is 19.3. The summed E-state index contributed by atoms with van der Waals surface area (Å²) < 4.78 is 54.0. The number of nitrogens with two attached hydrogens (primary N) is 1. The van der Waals surface area contributed by atoms with Gasteiger partial charge >= 0.3 is 12.3 Å². The average Bonchev–Trinajstić information content (AvgIpc) is 2.25. The summed E-state index contributed by atoms with van der Waals surface area (Å²) >= 11 is 0. The topological polar surface area (TPSA) is 61.0 Å². The molecule has 1 heterocycles. The highest BCUT2D eigenvalue weighted by Crippen LogP contribution is 2.30. The van der Waals surface area contributed by atoms with Crippen LogP contribution in [0.2, 0.25) is 0 Å². The minimum Gasteiger partial charge on any atom is -0.471 e. The summed E-state index contributed by atoms with van der Waals surface area (Å²) in [5.74, 6) is -4.52. The molecule has 0 spiro atoms. The number of rotatable bonds is 5. The minimum absolute atomic E-state index is 0.0790. The summed E-state index contributed by atoms with van der Waals surface area (Å²) in [4.78, 5) is 7.32. The SMILES string of the molecule is CC(C)c1c(N)ncnc1OCC(F)(F)C(F)F. The lowest BCUT2D eigenvalue weighted by Crippen LogP contribution is -2.34. The fourth-order valence-electron chi connectivity index (χ4n) is 1.28. The van der Waals surface area contributed by atoms with E-state index in [1.54, 1.807) is 13.8 Å². The summed E-state index contributed by atoms with van der Waals surface area (Å²) in [5, 5.41) is 0. The number of nitrogen functional groups attached to an aromatic ring is 1. The molecule has 0 saturated carbocycles. The third kappa shape index (κ3) is 3.21. The van der Waals surface area contributed by atoms with Gasteiger partial charge in [0.1, 0.15) is 12.1 Å². The summed E-state index contributed by atoms with van der Waals surface area (Å²) in [5.41, 5.74) is 5.88. The Morgan fingerprint density at radius 3 is 2.44 bits per heavy atom. The first-order valence-electron chi connectivity index (χ1n) is 5.15. The molecule has 0 unspecified atom stereocenters. The van der Waals surface area contributed by atoms with Crippen LogP contribution in [0.3, 0.4) is 0 Å². The van der Waals surface area contributed by atoms with Gasteiger partial charge in [-0.25, -0.2) is 18.7 Å². The Kier molecular flexibility index (Phi) is 4.31. The molecule has 0 atom stereocenters. The Balaban J connectivity index is 2.89. The number of halogens is 4. The Morgan fingerprint density at radius 2 is 1.94 bits per heavy atom. The van der Waals surface area contributed by atoms with Crippen LogP contribution in [0.4, 0.5) is 23.4 Å². The van der Waals surface area contributed by atoms with Crippen molar-refractivity contribution >= 4 is 5.82 Å². The zero-order chi connectivity index (χ0) is 13.9. The molecular weight excluding hydrogens is 254 g/mol. The summed E-state index contributed by atoms with van der Waals surface area (Å²) in [7, 11) is 0. The number of anilines is 1. The van der Waals surface area contributed by atoms with Crippen LogP contribution in [0.5, 0.6) is 5.88 Å². The number of hydrogen-bond donors (Lipinski definition) is 1. The molecular formula is C10H13F4N3O. The molecule has 1 aromatic rings. The van der Waals surface area contributed by atoms with Gasteiger partial charge in [-0.1, -0.05) is 13.8 Å². The maximum absolute atomic E-state index is 12.7. The van der Waals surface area contributed by atoms with Gasteiger partial charge in [0.05, 0.1) is 5.56 Å². The van der Waals surface area contributed by atoms with Gasteiger partial charge in [0.15, 0.2) is 6.61 Å². The number of hydrogen-bond acceptors (Lipinski definition) is 4. The van der Waals surface area contributed by atoms with E-state index in [-0.39, 0.29) is 17.6 Å². The quantitative estimate of drug-likeness (QED) is 0.832. The van der Waals surface area contributed by atoms with Crippen molar-refractivity contribution in [3.05, 3.63) is 11.9 Å². The molecule has 0 amide bonds. The molecule has 1 aromatic heterocycles. The smallest absolute Gasteiger partial charge is 0.340 e. The zero-order valence-electron chi connectivity index (χ0n) is 9.83. The lowest BCUT2D eigenvalue weighted by atomic mass is 10.1. The number of nitrogens with zero attached hydrogens (tertiary/aromatic N) is 2. The van der Waals surface area contributed by atoms with Gasteiger partial charge < -0.3 is 10.5 Å². The van der Waals surface area contributed by atoms with Crippen molar-refractivity contribution in [2.24, 2.45) is 0 Å². The van der Waals surface area contributed by atoms with Crippen molar-refractivity contribution in [1.82, 2.24) is 9.97 Å². The predicted molar refractivity (Wildman–Crippen MR) is 57.0 cm³/mol. The normalized spacial score (nSPS) is 12.2. The molecule has 1 rings (SSSR count). The highest BCUT2D eigenvalue weighted by Gasteiger charge is 2.42. The first-order chi connectivity index (χ1) is 8.25. The standard InChI is InChI=1S/C10H13F4N3O/c1-5(2)6-7(15)16-4-17-8(6)18-3-10(13,14)9(11)12/h4-5,9H,3H2,1-2H3,(H2,15,16,17). The van der Waals surface area contributed by atoms with Crippen molar-refractivity contribution < 1.29 is 22.3 Å². The van der Waals surface area contributed by atoms with Gasteiger partial charge in [-0.2, -0.15) is 8.78 Å². The molecule has 0 aliphatic rings. The molecule has 4 nitrogen and oxygen atoms in total. The van der Waals surface area contributed by atoms with E-state index in [9.17, 15) is 17.6 Å². The van der Waals surface area contributed by atoms with E-state index in [0.29, 0.717) is 5.56 Å². The molecule has 2 N–H and O–H groups in total. The monoisotopic (exact) mass is 267 g/mol. The maximum Gasteiger partial charge on any atom is 0.340 e. The number of alkyl halides is 4. The van der Waals surface area contributed by atoms with Crippen LogP contribution < -0.4 is 10.5 Å². The van der Waals surface area contributed by atoms with Crippen LogP contribution in [0, 0.1) is 0 Å². The third-order valence-corrected chi connectivity index (χ3v) is 2.18. The Labute approximate surface area is 101 Å². The van der Waals surface area contributed by atoms with Crippen LogP contribution in [-0.4, -0.2) is 28.9 Å². The highest BCUT2D eigenvalue weighted by molar-refractivity contribution is 5.46. The second kappa shape index (κ2) is 5.36. The second-order valence-electron chi connectivity index (χ2n) is 3.98. The Bertz CT molecular complexity index is 412. The molecule has 0 aliphatic carbocycles. The predicted octanol–water partition coefficient (Wildman–Crippen LogP) is 2.46. The van der Waals surface area contributed by atoms with Crippen molar-refractivity contribution in [2.75, 3.05) is 12.3 Å². The first kappa shape index (κ1) is 14.5. The van der Waals surface area contributed by atoms with Gasteiger partial charge in [0.2, 0.25) is 5.88 Å². The van der Waals surface area contributed by atoms with Gasteiger partial charge in [-0.05, 0) is 5.92 Å². The maximum atomic E-state index is 12.7. The molecule has 0 aliphatic heterocycles. The molecule has 0 fully saturated rings. The Morgan fingerprint density at radius 1 is 1.33 bits per heavy atom. The lowest BCUT2D eigenvalue weighted by Gasteiger charge is -2.18. The minimum atomic E-state index is -4.23. The fraction of sp³-hybridized carbons (Fsp3) is 0.600. The summed E-state index contributed by atoms with van der Waals surface area (Å²) in [6.45, 7) is 2.00. The van der Waals surface area contributed by atoms with Crippen molar-refractivity contribution in [3.8, 4) is 5.88 Å². The van der Waals surface area contributed by atoms with Gasteiger partial charge in [0, 0.05) is 0 Å². The van der Waals surface area contributed by atoms with E-state index < -0.39 is 19.0 Å². The van der Waals surface area contributed by atoms with E-state index >= 15 is 0 Å². The van der Waals surface area contributed by atoms with Crippen LogP contribution in [0.25, 0.3) is 0 Å². The zero-order valence-corrected chi connectivity index (χ0v) is 9.83. The van der Waals surface area contributed by atoms with E-state index in [1.165, 1.54) is 0 Å². The molecule has 8 heteroatoms. The largest absolute Gasteiger partial charge is 0.471 e. The van der Waals surface area contributed by atoms with Crippen molar-refractivity contribution in [1.29, 1.82) is 0 Å². The van der Waals surface area contributed by atoms with Crippen molar-refractivity contribution in [2.45, 2.75) is 32.1 Å². The molecule has 0 bridgehead atoms. The van der Waals surface area contributed by atoms with Crippen molar-refractivity contribution in [3.63, 3.8) is 0 Å². The molecule has 0 saturated heterocycles. The lowest BCUT2D eigenvalue weighted by molar-refractivity contribution is -0.148. The molecule has 102 valence electrons. The first-order valence-corrected chi connectivity index (χ1v) is 5.15. The molecule has 0 aromatic carbocycles. The summed E-state index contributed by atoms with van der Waals surface area (Å²) in [6, 6.07) is 0. The van der Waals surface area contributed by atoms with E-state index in [4.69, 9.17) is 5.73 Å². The molecule has 0 radical (unpaired) electrons. The fourth-order valence-corrected chi connectivity index (χ4v) is 1.28. The average molecular weight is 267 g/mol. The third-order valence-electron chi connectivity index (χ3n) is 2.18. The van der Waals surface area contributed by atoms with Gasteiger partial charge in [-0.15, -0.1) is 0 Å². The van der Waals surface area contributed by atoms with E-state index in [1.807, 2.05) is 0 Å². The number of ether oxygens (including phenoxy) is 1. The van der Waals surface area contributed by atoms with Gasteiger partial charge in [0.25, 0.3) is 0 Å². The van der Waals surface area contributed by atoms with Crippen LogP contribution >= 0.6 is 0 Å². The molecule has 18 heavy (non-hydrogen) atoms. The van der Waals surface area contributed by atoms with Crippen LogP contribution in [0.1, 0.15) is 25.3 Å². The number of aromatic nitrogens is 2. The van der Waals surface area contributed by atoms with Crippen LogP contribution in [0.15, 0.2) is 6.33 Å². The summed E-state index contributed by atoms with van der Waals surface area (Å²) in [6.07, 6.45) is -2.77. The van der Waals surface area contributed by atoms with E-state index in [0.717, 1.165) is 6.33 Å². The van der Waals surface area contributed by atoms with Gasteiger partial charge in [-0.3, -0.25) is 0 Å². The second-order valence-corrected chi connectivity index (χ2v) is 3.98. The van der Waals surface area contributed by atoms with E-state index in [2.05, 4.69) is 14.7 Å². The van der Waals surface area contributed by atoms with Crippen LogP contribution in [-0.2, 0) is 0 Å².